The highest BCUT2D eigenvalue weighted by Gasteiger charge is 2.09. The first-order valence-electron chi connectivity index (χ1n) is 7.68. The Kier molecular flexibility index (Phi) is 8.37. The Morgan fingerprint density at radius 2 is 1.96 bits per heavy atom. The van der Waals surface area contributed by atoms with Crippen LogP contribution in [0.15, 0.2) is 42.1 Å². The van der Waals surface area contributed by atoms with E-state index in [1.54, 1.807) is 6.21 Å². The predicted molar refractivity (Wildman–Crippen MR) is 92.3 cm³/mol. The van der Waals surface area contributed by atoms with Crippen molar-refractivity contribution in [2.45, 2.75) is 32.4 Å². The molecule has 5 nitrogen and oxygen atoms in total. The number of aliphatic hydroxyl groups excluding tert-OH is 1. The molecule has 0 heterocycles. The third-order valence-electron chi connectivity index (χ3n) is 2.71. The van der Waals surface area contributed by atoms with Gasteiger partial charge in [-0.1, -0.05) is 18.7 Å². The molecule has 0 amide bonds. The molecular weight excluding hydrogens is 294 g/mol. The van der Waals surface area contributed by atoms with Gasteiger partial charge in [-0.05, 0) is 32.9 Å². The minimum atomic E-state index is -0.702. The van der Waals surface area contributed by atoms with Crippen molar-refractivity contribution in [2.24, 2.45) is 4.99 Å². The number of hydrogen-bond acceptors (Lipinski definition) is 5. The average Bonchev–Trinajstić information content (AvgIpc) is 2.50. The number of hydrogen-bond donors (Lipinski definition) is 1. The van der Waals surface area contributed by atoms with Crippen LogP contribution >= 0.6 is 0 Å². The van der Waals surface area contributed by atoms with Gasteiger partial charge in [-0.25, -0.2) is 0 Å². The summed E-state index contributed by atoms with van der Waals surface area (Å²) in [4.78, 5) is 4.48. The van der Waals surface area contributed by atoms with E-state index in [1.807, 2.05) is 45.0 Å². The second kappa shape index (κ2) is 10.0. The molecule has 1 aromatic carbocycles. The highest BCUT2D eigenvalue weighted by Crippen LogP contribution is 2.17. The SMILES string of the molecule is C=COCCOCC(O)COc1ccccc1C=NC(C)(C)C. The van der Waals surface area contributed by atoms with E-state index in [9.17, 15) is 5.11 Å². The zero-order chi connectivity index (χ0) is 17.1. The van der Waals surface area contributed by atoms with E-state index in [0.29, 0.717) is 19.0 Å². The van der Waals surface area contributed by atoms with Gasteiger partial charge >= 0.3 is 0 Å². The van der Waals surface area contributed by atoms with E-state index in [0.717, 1.165) is 5.56 Å². The third-order valence-corrected chi connectivity index (χ3v) is 2.71. The van der Waals surface area contributed by atoms with Crippen LogP contribution in [-0.2, 0) is 9.47 Å². The van der Waals surface area contributed by atoms with Crippen molar-refractivity contribution >= 4 is 6.21 Å². The molecule has 0 aromatic heterocycles. The fourth-order valence-corrected chi connectivity index (χ4v) is 1.63. The van der Waals surface area contributed by atoms with E-state index in [4.69, 9.17) is 14.2 Å². The van der Waals surface area contributed by atoms with E-state index >= 15 is 0 Å². The highest BCUT2D eigenvalue weighted by atomic mass is 16.5. The van der Waals surface area contributed by atoms with Crippen molar-refractivity contribution in [1.82, 2.24) is 0 Å². The van der Waals surface area contributed by atoms with Gasteiger partial charge in [-0.2, -0.15) is 0 Å². The lowest BCUT2D eigenvalue weighted by Gasteiger charge is -2.15. The molecule has 128 valence electrons. The number of rotatable bonds is 10. The summed E-state index contributed by atoms with van der Waals surface area (Å²) in [6.07, 6.45) is 2.45. The van der Waals surface area contributed by atoms with Crippen LogP contribution in [0.1, 0.15) is 26.3 Å². The first-order valence-corrected chi connectivity index (χ1v) is 7.68. The van der Waals surface area contributed by atoms with Gasteiger partial charge < -0.3 is 19.3 Å². The molecule has 1 unspecified atom stereocenters. The number of para-hydroxylation sites is 1. The second-order valence-electron chi connectivity index (χ2n) is 6.04. The predicted octanol–water partition coefficient (Wildman–Crippen LogP) is 2.82. The van der Waals surface area contributed by atoms with Crippen LogP contribution < -0.4 is 4.74 Å². The molecule has 0 bridgehead atoms. The molecule has 0 spiro atoms. The van der Waals surface area contributed by atoms with Crippen molar-refractivity contribution in [3.63, 3.8) is 0 Å². The Morgan fingerprint density at radius 3 is 2.65 bits per heavy atom. The molecule has 0 aliphatic carbocycles. The zero-order valence-electron chi connectivity index (χ0n) is 14.2. The largest absolute Gasteiger partial charge is 0.499 e. The fourth-order valence-electron chi connectivity index (χ4n) is 1.63. The summed E-state index contributed by atoms with van der Waals surface area (Å²) in [5.74, 6) is 0.689. The van der Waals surface area contributed by atoms with Crippen LogP contribution in [0.25, 0.3) is 0 Å². The maximum absolute atomic E-state index is 9.87. The minimum absolute atomic E-state index is 0.145. The van der Waals surface area contributed by atoms with Gasteiger partial charge in [0.2, 0.25) is 0 Å². The smallest absolute Gasteiger partial charge is 0.128 e. The summed E-state index contributed by atoms with van der Waals surface area (Å²) < 4.78 is 15.9. The fraction of sp³-hybridized carbons (Fsp3) is 0.500. The van der Waals surface area contributed by atoms with Crippen molar-refractivity contribution in [3.8, 4) is 5.75 Å². The van der Waals surface area contributed by atoms with E-state index in [1.165, 1.54) is 6.26 Å². The van der Waals surface area contributed by atoms with Gasteiger partial charge in [-0.15, -0.1) is 0 Å². The van der Waals surface area contributed by atoms with Crippen molar-refractivity contribution in [1.29, 1.82) is 0 Å². The summed E-state index contributed by atoms with van der Waals surface area (Å²) in [7, 11) is 0. The number of ether oxygens (including phenoxy) is 3. The van der Waals surface area contributed by atoms with Gasteiger partial charge in [0.15, 0.2) is 0 Å². The van der Waals surface area contributed by atoms with Crippen LogP contribution in [0.5, 0.6) is 5.75 Å². The van der Waals surface area contributed by atoms with Gasteiger partial charge in [0, 0.05) is 11.8 Å². The normalized spacial score (nSPS) is 13.0. The Balaban J connectivity index is 2.45. The molecule has 1 N–H and O–H groups in total. The number of aliphatic imine (C=N–C) groups is 1. The lowest BCUT2D eigenvalue weighted by molar-refractivity contribution is -0.000285. The number of benzene rings is 1. The minimum Gasteiger partial charge on any atom is -0.499 e. The van der Waals surface area contributed by atoms with E-state index in [2.05, 4.69) is 11.6 Å². The molecule has 0 fully saturated rings. The molecule has 1 rings (SSSR count). The molecule has 5 heteroatoms. The topological polar surface area (TPSA) is 60.3 Å². The van der Waals surface area contributed by atoms with Crippen LogP contribution in [0, 0.1) is 0 Å². The first-order chi connectivity index (χ1) is 10.9. The maximum atomic E-state index is 9.87. The zero-order valence-corrected chi connectivity index (χ0v) is 14.2. The molecule has 0 aliphatic rings. The van der Waals surface area contributed by atoms with Crippen LogP contribution in [-0.4, -0.2) is 49.4 Å². The average molecular weight is 321 g/mol. The van der Waals surface area contributed by atoms with Gasteiger partial charge in [-0.3, -0.25) is 4.99 Å². The summed E-state index contributed by atoms with van der Waals surface area (Å²) in [6.45, 7) is 10.7. The standard InChI is InChI=1S/C18H27NO4/c1-5-21-10-11-22-13-16(20)14-23-17-9-7-6-8-15(17)12-19-18(2,3)4/h5-9,12,16,20H,1,10-11,13-14H2,2-4H3. The molecule has 23 heavy (non-hydrogen) atoms. The molecule has 0 saturated carbocycles. The summed E-state index contributed by atoms with van der Waals surface area (Å²) in [5.41, 5.74) is 0.739. The van der Waals surface area contributed by atoms with E-state index < -0.39 is 6.10 Å². The number of nitrogens with zero attached hydrogens (tertiary/aromatic N) is 1. The van der Waals surface area contributed by atoms with Gasteiger partial charge in [0.05, 0.1) is 25.0 Å². The Labute approximate surface area is 138 Å². The summed E-state index contributed by atoms with van der Waals surface area (Å²) in [6, 6.07) is 7.60. The van der Waals surface area contributed by atoms with Crippen LogP contribution in [0.4, 0.5) is 0 Å². The second-order valence-corrected chi connectivity index (χ2v) is 6.04. The van der Waals surface area contributed by atoms with Gasteiger partial charge in [0.25, 0.3) is 0 Å². The third kappa shape index (κ3) is 9.01. The maximum Gasteiger partial charge on any atom is 0.128 e. The highest BCUT2D eigenvalue weighted by molar-refractivity contribution is 5.83. The number of aliphatic hydroxyl groups is 1. The van der Waals surface area contributed by atoms with Crippen molar-refractivity contribution in [2.75, 3.05) is 26.4 Å². The Hall–Kier alpha value is -1.85. The molecule has 1 aromatic rings. The molecule has 0 aliphatic heterocycles. The summed E-state index contributed by atoms with van der Waals surface area (Å²) in [5, 5.41) is 9.87. The Morgan fingerprint density at radius 1 is 1.22 bits per heavy atom. The van der Waals surface area contributed by atoms with Crippen molar-refractivity contribution < 1.29 is 19.3 Å². The first kappa shape index (κ1) is 19.2. The lowest BCUT2D eigenvalue weighted by Crippen LogP contribution is -2.24. The van der Waals surface area contributed by atoms with Gasteiger partial charge in [0.1, 0.15) is 25.1 Å². The van der Waals surface area contributed by atoms with Crippen LogP contribution in [0.3, 0.4) is 0 Å². The lowest BCUT2D eigenvalue weighted by atomic mass is 10.1. The quantitative estimate of drug-likeness (QED) is 0.409. The molecule has 0 radical (unpaired) electrons. The molecule has 0 saturated heterocycles. The summed E-state index contributed by atoms with van der Waals surface area (Å²) >= 11 is 0. The van der Waals surface area contributed by atoms with E-state index in [-0.39, 0.29) is 18.8 Å². The Bertz CT molecular complexity index is 494. The van der Waals surface area contributed by atoms with Crippen molar-refractivity contribution in [3.05, 3.63) is 42.7 Å². The molecular formula is C18H27NO4. The molecule has 1 atom stereocenters. The monoisotopic (exact) mass is 321 g/mol. The van der Waals surface area contributed by atoms with Crippen LogP contribution in [0.2, 0.25) is 0 Å².